The minimum atomic E-state index is -0.204. The minimum Gasteiger partial charge on any atom is -0.297 e. The molecule has 1 fully saturated rings. The van der Waals surface area contributed by atoms with E-state index < -0.39 is 0 Å². The zero-order valence-corrected chi connectivity index (χ0v) is 13.3. The van der Waals surface area contributed by atoms with Gasteiger partial charge in [0, 0.05) is 18.1 Å². The summed E-state index contributed by atoms with van der Waals surface area (Å²) >= 11 is 0. The van der Waals surface area contributed by atoms with Crippen LogP contribution in [0.15, 0.2) is 36.5 Å². The SMILES string of the molecule is C#C[C@@](C)(NCc1ccc2ncccc2c1)C1CCCCC1. The summed E-state index contributed by atoms with van der Waals surface area (Å²) in [6.07, 6.45) is 14.2. The van der Waals surface area contributed by atoms with Crippen molar-refractivity contribution in [2.45, 2.75) is 51.1 Å². The van der Waals surface area contributed by atoms with Crippen molar-refractivity contribution in [3.8, 4) is 12.3 Å². The molecule has 1 heterocycles. The maximum atomic E-state index is 5.87. The van der Waals surface area contributed by atoms with Gasteiger partial charge in [0.15, 0.2) is 0 Å². The van der Waals surface area contributed by atoms with Gasteiger partial charge in [-0.15, -0.1) is 6.42 Å². The molecule has 0 unspecified atom stereocenters. The molecular weight excluding hydrogens is 268 g/mol. The summed E-state index contributed by atoms with van der Waals surface area (Å²) < 4.78 is 0. The normalized spacial score (nSPS) is 18.7. The molecule has 0 spiro atoms. The summed E-state index contributed by atoms with van der Waals surface area (Å²) in [4.78, 5) is 4.37. The molecule has 1 saturated carbocycles. The van der Waals surface area contributed by atoms with Crippen molar-refractivity contribution in [2.24, 2.45) is 5.92 Å². The van der Waals surface area contributed by atoms with Gasteiger partial charge in [0.25, 0.3) is 0 Å². The molecule has 1 aromatic carbocycles. The Morgan fingerprint density at radius 1 is 1.27 bits per heavy atom. The number of benzene rings is 1. The number of terminal acetylenes is 1. The number of nitrogens with zero attached hydrogens (tertiary/aromatic N) is 1. The van der Waals surface area contributed by atoms with Crippen LogP contribution in [0.25, 0.3) is 10.9 Å². The Hall–Kier alpha value is -1.85. The first-order valence-corrected chi connectivity index (χ1v) is 8.28. The summed E-state index contributed by atoms with van der Waals surface area (Å²) in [6.45, 7) is 2.99. The molecule has 2 aromatic rings. The second-order valence-corrected chi connectivity index (χ2v) is 6.57. The molecule has 114 valence electrons. The van der Waals surface area contributed by atoms with Crippen LogP contribution in [0.3, 0.4) is 0 Å². The Morgan fingerprint density at radius 3 is 2.86 bits per heavy atom. The third-order valence-corrected chi connectivity index (χ3v) is 5.05. The van der Waals surface area contributed by atoms with Gasteiger partial charge in [-0.05, 0) is 49.4 Å². The fourth-order valence-corrected chi connectivity index (χ4v) is 3.51. The Kier molecular flexibility index (Phi) is 4.45. The first-order valence-electron chi connectivity index (χ1n) is 8.28. The maximum Gasteiger partial charge on any atom is 0.0800 e. The van der Waals surface area contributed by atoms with Crippen molar-refractivity contribution < 1.29 is 0 Å². The Morgan fingerprint density at radius 2 is 2.09 bits per heavy atom. The van der Waals surface area contributed by atoms with E-state index in [9.17, 15) is 0 Å². The van der Waals surface area contributed by atoms with Crippen LogP contribution in [0.5, 0.6) is 0 Å². The van der Waals surface area contributed by atoms with Gasteiger partial charge in [-0.2, -0.15) is 0 Å². The molecule has 1 aromatic heterocycles. The number of fused-ring (bicyclic) bond motifs is 1. The summed E-state index contributed by atoms with van der Waals surface area (Å²) in [7, 11) is 0. The van der Waals surface area contributed by atoms with Crippen LogP contribution in [-0.4, -0.2) is 10.5 Å². The second kappa shape index (κ2) is 6.50. The lowest BCUT2D eigenvalue weighted by molar-refractivity contribution is 0.228. The van der Waals surface area contributed by atoms with Gasteiger partial charge >= 0.3 is 0 Å². The monoisotopic (exact) mass is 292 g/mol. The second-order valence-electron chi connectivity index (χ2n) is 6.57. The molecule has 3 rings (SSSR count). The smallest absolute Gasteiger partial charge is 0.0800 e. The number of aromatic nitrogens is 1. The number of rotatable bonds is 4. The van der Waals surface area contributed by atoms with Crippen molar-refractivity contribution in [1.29, 1.82) is 0 Å². The predicted molar refractivity (Wildman–Crippen MR) is 92.4 cm³/mol. The van der Waals surface area contributed by atoms with Gasteiger partial charge in [-0.25, -0.2) is 0 Å². The van der Waals surface area contributed by atoms with Crippen LogP contribution in [-0.2, 0) is 6.54 Å². The standard InChI is InChI=1S/C20H24N2/c1-3-20(2,18-9-5-4-6-10-18)22-15-16-11-12-19-17(14-16)8-7-13-21-19/h1,7-8,11-14,18,22H,4-6,9-10,15H2,2H3/t20-/m1/s1. The predicted octanol–water partition coefficient (Wildman–Crippen LogP) is 4.30. The minimum absolute atomic E-state index is 0.204. The molecule has 2 nitrogen and oxygen atoms in total. The maximum absolute atomic E-state index is 5.87. The van der Waals surface area contributed by atoms with E-state index in [1.807, 2.05) is 12.3 Å². The average Bonchev–Trinajstić information content (AvgIpc) is 2.60. The lowest BCUT2D eigenvalue weighted by Crippen LogP contribution is -2.47. The van der Waals surface area contributed by atoms with E-state index in [0.29, 0.717) is 5.92 Å². The van der Waals surface area contributed by atoms with Crippen LogP contribution < -0.4 is 5.32 Å². The van der Waals surface area contributed by atoms with E-state index >= 15 is 0 Å². The van der Waals surface area contributed by atoms with Gasteiger partial charge in [0.1, 0.15) is 0 Å². The fraction of sp³-hybridized carbons (Fsp3) is 0.450. The van der Waals surface area contributed by atoms with Crippen LogP contribution in [0, 0.1) is 18.3 Å². The number of nitrogens with one attached hydrogen (secondary N) is 1. The molecule has 0 radical (unpaired) electrons. The van der Waals surface area contributed by atoms with E-state index in [2.05, 4.69) is 47.4 Å². The van der Waals surface area contributed by atoms with Gasteiger partial charge < -0.3 is 0 Å². The van der Waals surface area contributed by atoms with Crippen LogP contribution in [0.2, 0.25) is 0 Å². The van der Waals surface area contributed by atoms with Crippen molar-refractivity contribution >= 4 is 10.9 Å². The molecular formula is C20H24N2. The molecule has 1 atom stereocenters. The third kappa shape index (κ3) is 3.15. The van der Waals surface area contributed by atoms with Gasteiger partial charge in [0.05, 0.1) is 11.1 Å². The first-order chi connectivity index (χ1) is 10.7. The van der Waals surface area contributed by atoms with Crippen LogP contribution in [0.1, 0.15) is 44.6 Å². The van der Waals surface area contributed by atoms with Crippen molar-refractivity contribution in [3.05, 3.63) is 42.1 Å². The molecule has 0 amide bonds. The van der Waals surface area contributed by atoms with E-state index in [1.165, 1.54) is 43.1 Å². The summed E-state index contributed by atoms with van der Waals surface area (Å²) in [6, 6.07) is 10.5. The summed E-state index contributed by atoms with van der Waals surface area (Å²) in [5, 5.41) is 4.82. The molecule has 0 bridgehead atoms. The van der Waals surface area contributed by atoms with E-state index in [1.54, 1.807) is 0 Å². The fourth-order valence-electron chi connectivity index (χ4n) is 3.51. The summed E-state index contributed by atoms with van der Waals surface area (Å²) in [5.74, 6) is 3.62. The molecule has 1 aliphatic rings. The highest BCUT2D eigenvalue weighted by atomic mass is 15.0. The molecule has 1 N–H and O–H groups in total. The number of pyridine rings is 1. The van der Waals surface area contributed by atoms with Crippen LogP contribution in [0.4, 0.5) is 0 Å². The highest BCUT2D eigenvalue weighted by molar-refractivity contribution is 5.78. The number of hydrogen-bond donors (Lipinski definition) is 1. The Balaban J connectivity index is 1.72. The van der Waals surface area contributed by atoms with Crippen molar-refractivity contribution in [1.82, 2.24) is 10.3 Å². The topological polar surface area (TPSA) is 24.9 Å². The molecule has 0 aliphatic heterocycles. The zero-order valence-electron chi connectivity index (χ0n) is 13.3. The zero-order chi connectivity index (χ0) is 15.4. The van der Waals surface area contributed by atoms with Gasteiger partial charge in [-0.1, -0.05) is 37.3 Å². The third-order valence-electron chi connectivity index (χ3n) is 5.05. The van der Waals surface area contributed by atoms with Crippen LogP contribution >= 0.6 is 0 Å². The van der Waals surface area contributed by atoms with Gasteiger partial charge in [-0.3, -0.25) is 10.3 Å². The summed E-state index contributed by atoms with van der Waals surface area (Å²) in [5.41, 5.74) is 2.10. The van der Waals surface area contributed by atoms with E-state index in [4.69, 9.17) is 6.42 Å². The van der Waals surface area contributed by atoms with E-state index in [0.717, 1.165) is 12.1 Å². The first kappa shape index (κ1) is 15.1. The lowest BCUT2D eigenvalue weighted by Gasteiger charge is -2.37. The molecule has 0 saturated heterocycles. The van der Waals surface area contributed by atoms with Gasteiger partial charge in [0.2, 0.25) is 0 Å². The Labute approximate surface area is 133 Å². The lowest BCUT2D eigenvalue weighted by atomic mass is 9.76. The highest BCUT2D eigenvalue weighted by Crippen LogP contribution is 2.32. The highest BCUT2D eigenvalue weighted by Gasteiger charge is 2.32. The van der Waals surface area contributed by atoms with Crippen molar-refractivity contribution in [3.63, 3.8) is 0 Å². The van der Waals surface area contributed by atoms with E-state index in [-0.39, 0.29) is 5.54 Å². The quantitative estimate of drug-likeness (QED) is 0.850. The largest absolute Gasteiger partial charge is 0.297 e. The molecule has 22 heavy (non-hydrogen) atoms. The van der Waals surface area contributed by atoms with Crippen molar-refractivity contribution in [2.75, 3.05) is 0 Å². The molecule has 2 heteroatoms. The average molecular weight is 292 g/mol. The number of hydrogen-bond acceptors (Lipinski definition) is 2. The molecule has 1 aliphatic carbocycles. The Bertz CT molecular complexity index is 679.